The molecule has 2 aromatic rings. The first-order valence-electron chi connectivity index (χ1n) is 10.0. The van der Waals surface area contributed by atoms with Gasteiger partial charge in [0, 0.05) is 10.8 Å². The molecule has 1 saturated heterocycles. The van der Waals surface area contributed by atoms with Crippen molar-refractivity contribution in [1.82, 2.24) is 5.32 Å². The lowest BCUT2D eigenvalue weighted by Crippen LogP contribution is -3.15. The molecule has 2 N–H and O–H groups in total. The summed E-state index contributed by atoms with van der Waals surface area (Å²) in [4.78, 5) is 15.5. The summed E-state index contributed by atoms with van der Waals surface area (Å²) >= 11 is 1.71. The lowest BCUT2D eigenvalue weighted by Gasteiger charge is -2.38. The molecular weight excluding hydrogens is 340 g/mol. The number of carbonyl (C=O) groups is 1. The lowest BCUT2D eigenvalue weighted by atomic mass is 9.75. The Hall–Kier alpha value is -1.65. The van der Waals surface area contributed by atoms with E-state index in [1.807, 2.05) is 18.2 Å². The van der Waals surface area contributed by atoms with Crippen LogP contribution in [0.2, 0.25) is 0 Å². The third-order valence-corrected chi connectivity index (χ3v) is 7.10. The molecule has 4 atom stereocenters. The van der Waals surface area contributed by atoms with Gasteiger partial charge in [-0.05, 0) is 42.2 Å². The van der Waals surface area contributed by atoms with Gasteiger partial charge in [-0.2, -0.15) is 0 Å². The van der Waals surface area contributed by atoms with E-state index in [4.69, 9.17) is 0 Å². The highest BCUT2D eigenvalue weighted by molar-refractivity contribution is 7.10. The number of benzene rings is 1. The van der Waals surface area contributed by atoms with Crippen LogP contribution in [0.4, 0.5) is 0 Å². The van der Waals surface area contributed by atoms with E-state index in [2.05, 4.69) is 35.0 Å². The summed E-state index contributed by atoms with van der Waals surface area (Å²) in [6.45, 7) is 2.95. The minimum absolute atomic E-state index is 0.0321. The molecule has 26 heavy (non-hydrogen) atoms. The second-order valence-electron chi connectivity index (χ2n) is 7.90. The van der Waals surface area contributed by atoms with Crippen LogP contribution in [0, 0.1) is 11.8 Å². The van der Waals surface area contributed by atoms with Crippen LogP contribution in [0.3, 0.4) is 0 Å². The SMILES string of the molecule is O=C(C[NH+]1CC[C@@H]2CCCC[C@@H]2C1)N[C@@H](c1ccccc1)c1cccs1. The first-order valence-corrected chi connectivity index (χ1v) is 10.9. The van der Waals surface area contributed by atoms with E-state index in [9.17, 15) is 4.79 Å². The summed E-state index contributed by atoms with van der Waals surface area (Å²) in [7, 11) is 0. The first kappa shape index (κ1) is 17.7. The van der Waals surface area contributed by atoms with Crippen molar-refractivity contribution in [1.29, 1.82) is 0 Å². The maximum absolute atomic E-state index is 12.8. The van der Waals surface area contributed by atoms with Gasteiger partial charge in [0.05, 0.1) is 19.1 Å². The summed E-state index contributed by atoms with van der Waals surface area (Å²) in [5.74, 6) is 1.96. The number of hydrogen-bond acceptors (Lipinski definition) is 2. The number of hydrogen-bond donors (Lipinski definition) is 2. The molecule has 1 aromatic carbocycles. The van der Waals surface area contributed by atoms with Gasteiger partial charge in [0.1, 0.15) is 0 Å². The van der Waals surface area contributed by atoms with Gasteiger partial charge in [-0.15, -0.1) is 11.3 Å². The van der Waals surface area contributed by atoms with Crippen LogP contribution in [0.25, 0.3) is 0 Å². The number of amides is 1. The molecule has 0 bridgehead atoms. The molecule has 138 valence electrons. The van der Waals surface area contributed by atoms with Crippen molar-refractivity contribution in [3.8, 4) is 0 Å². The Balaban J connectivity index is 1.39. The average molecular weight is 370 g/mol. The average Bonchev–Trinajstić information content (AvgIpc) is 3.21. The van der Waals surface area contributed by atoms with Gasteiger partial charge < -0.3 is 10.2 Å². The quantitative estimate of drug-likeness (QED) is 0.834. The Morgan fingerprint density at radius 2 is 1.88 bits per heavy atom. The lowest BCUT2D eigenvalue weighted by molar-refractivity contribution is -0.902. The van der Waals surface area contributed by atoms with Crippen LogP contribution in [0.15, 0.2) is 47.8 Å². The molecule has 2 heterocycles. The Bertz CT molecular complexity index is 700. The van der Waals surface area contributed by atoms with Crippen LogP contribution in [0.1, 0.15) is 48.6 Å². The zero-order valence-corrected chi connectivity index (χ0v) is 16.1. The minimum Gasteiger partial charge on any atom is -0.339 e. The predicted molar refractivity (Wildman–Crippen MR) is 106 cm³/mol. The molecule has 1 aliphatic carbocycles. The Morgan fingerprint density at radius 3 is 2.65 bits per heavy atom. The maximum Gasteiger partial charge on any atom is 0.275 e. The van der Waals surface area contributed by atoms with E-state index in [0.29, 0.717) is 6.54 Å². The van der Waals surface area contributed by atoms with E-state index in [-0.39, 0.29) is 11.9 Å². The number of rotatable bonds is 5. The fourth-order valence-corrected chi connectivity index (χ4v) is 5.62. The Morgan fingerprint density at radius 1 is 1.08 bits per heavy atom. The molecule has 1 saturated carbocycles. The standard InChI is InChI=1S/C22H28N2OS/c25-21(16-24-13-12-17-7-4-5-10-19(17)15-24)23-22(20-11-6-14-26-20)18-8-2-1-3-9-18/h1-3,6,8-9,11,14,17,19,22H,4-5,7,10,12-13,15-16H2,(H,23,25)/p+1/t17-,19+,22-/m0/s1. The number of quaternary nitrogens is 1. The summed E-state index contributed by atoms with van der Waals surface area (Å²) < 4.78 is 0. The number of carbonyl (C=O) groups excluding carboxylic acids is 1. The summed E-state index contributed by atoms with van der Waals surface area (Å²) in [5.41, 5.74) is 1.16. The smallest absolute Gasteiger partial charge is 0.275 e. The molecule has 0 radical (unpaired) electrons. The normalized spacial score (nSPS) is 26.7. The third-order valence-electron chi connectivity index (χ3n) is 6.16. The van der Waals surface area contributed by atoms with Crippen molar-refractivity contribution in [2.24, 2.45) is 11.8 Å². The zero-order valence-electron chi connectivity index (χ0n) is 15.3. The van der Waals surface area contributed by atoms with Crippen molar-refractivity contribution in [3.63, 3.8) is 0 Å². The zero-order chi connectivity index (χ0) is 17.8. The predicted octanol–water partition coefficient (Wildman–Crippen LogP) is 3.05. The van der Waals surface area contributed by atoms with Gasteiger partial charge in [-0.1, -0.05) is 49.2 Å². The van der Waals surface area contributed by atoms with E-state index >= 15 is 0 Å². The highest BCUT2D eigenvalue weighted by Crippen LogP contribution is 2.32. The van der Waals surface area contributed by atoms with Gasteiger partial charge in [0.25, 0.3) is 5.91 Å². The fraction of sp³-hybridized carbons (Fsp3) is 0.500. The maximum atomic E-state index is 12.8. The number of thiophene rings is 1. The largest absolute Gasteiger partial charge is 0.339 e. The Kier molecular flexibility index (Phi) is 5.71. The topological polar surface area (TPSA) is 33.5 Å². The van der Waals surface area contributed by atoms with E-state index in [1.165, 1.54) is 48.4 Å². The van der Waals surface area contributed by atoms with Gasteiger partial charge in [0.15, 0.2) is 6.54 Å². The molecule has 4 heteroatoms. The van der Waals surface area contributed by atoms with Gasteiger partial charge in [-0.25, -0.2) is 0 Å². The van der Waals surface area contributed by atoms with Crippen molar-refractivity contribution < 1.29 is 9.69 Å². The minimum atomic E-state index is -0.0321. The van der Waals surface area contributed by atoms with Crippen molar-refractivity contribution in [3.05, 3.63) is 58.3 Å². The number of nitrogens with one attached hydrogen (secondary N) is 2. The molecule has 0 spiro atoms. The third kappa shape index (κ3) is 4.18. The molecule has 2 aliphatic rings. The van der Waals surface area contributed by atoms with Crippen LogP contribution in [-0.2, 0) is 4.79 Å². The van der Waals surface area contributed by atoms with Crippen LogP contribution in [0.5, 0.6) is 0 Å². The summed E-state index contributed by atoms with van der Waals surface area (Å²) in [5, 5.41) is 5.39. The van der Waals surface area contributed by atoms with E-state index in [0.717, 1.165) is 23.9 Å². The molecular formula is C22H29N2OS+. The van der Waals surface area contributed by atoms with Crippen LogP contribution in [-0.4, -0.2) is 25.5 Å². The van der Waals surface area contributed by atoms with Crippen molar-refractivity contribution in [2.75, 3.05) is 19.6 Å². The van der Waals surface area contributed by atoms with E-state index < -0.39 is 0 Å². The van der Waals surface area contributed by atoms with Gasteiger partial charge >= 0.3 is 0 Å². The second kappa shape index (κ2) is 8.36. The number of piperidine rings is 1. The summed E-state index contributed by atoms with van der Waals surface area (Å²) in [6.07, 6.45) is 6.89. The van der Waals surface area contributed by atoms with Crippen molar-refractivity contribution >= 4 is 17.2 Å². The van der Waals surface area contributed by atoms with Gasteiger partial charge in [0.2, 0.25) is 0 Å². The van der Waals surface area contributed by atoms with E-state index in [1.54, 1.807) is 11.3 Å². The van der Waals surface area contributed by atoms with Crippen LogP contribution < -0.4 is 10.2 Å². The molecule has 4 rings (SSSR count). The molecule has 3 nitrogen and oxygen atoms in total. The summed E-state index contributed by atoms with van der Waals surface area (Å²) in [6, 6.07) is 14.5. The molecule has 1 unspecified atom stereocenters. The number of fused-ring (bicyclic) bond motifs is 1. The molecule has 1 amide bonds. The highest BCUT2D eigenvalue weighted by Gasteiger charge is 2.34. The molecule has 1 aromatic heterocycles. The number of likely N-dealkylation sites (tertiary alicyclic amines) is 1. The molecule has 2 fully saturated rings. The second-order valence-corrected chi connectivity index (χ2v) is 8.88. The van der Waals surface area contributed by atoms with Crippen LogP contribution >= 0.6 is 11.3 Å². The monoisotopic (exact) mass is 369 g/mol. The molecule has 1 aliphatic heterocycles. The highest BCUT2D eigenvalue weighted by atomic mass is 32.1. The Labute approximate surface area is 160 Å². The van der Waals surface area contributed by atoms with Crippen molar-refractivity contribution in [2.45, 2.75) is 38.1 Å². The first-order chi connectivity index (χ1) is 12.8. The fourth-order valence-electron chi connectivity index (χ4n) is 4.81. The van der Waals surface area contributed by atoms with Gasteiger partial charge in [-0.3, -0.25) is 4.79 Å².